The molecule has 38 heavy (non-hydrogen) atoms. The van der Waals surface area contributed by atoms with Crippen molar-refractivity contribution >= 4 is 11.5 Å². The monoisotopic (exact) mass is 520 g/mol. The van der Waals surface area contributed by atoms with Crippen LogP contribution in [0.3, 0.4) is 0 Å². The second kappa shape index (κ2) is 11.7. The van der Waals surface area contributed by atoms with Gasteiger partial charge in [0.25, 0.3) is 0 Å². The molecule has 0 unspecified atom stereocenters. The number of aromatic nitrogens is 6. The van der Waals surface area contributed by atoms with Gasteiger partial charge in [0.05, 0.1) is 30.1 Å². The molecule has 11 heteroatoms. The molecule has 5 aromatic rings. The average molecular weight is 521 g/mol. The van der Waals surface area contributed by atoms with E-state index >= 15 is 0 Å². The number of rotatable bonds is 11. The van der Waals surface area contributed by atoms with Gasteiger partial charge >= 0.3 is 6.01 Å². The number of ether oxygens (including phenoxy) is 1. The number of nitrogens with one attached hydrogen (secondary N) is 2. The lowest BCUT2D eigenvalue weighted by atomic mass is 10.1. The molecule has 0 bridgehead atoms. The third kappa shape index (κ3) is 6.06. The Morgan fingerprint density at radius 1 is 1.08 bits per heavy atom. The van der Waals surface area contributed by atoms with E-state index in [4.69, 9.17) is 4.74 Å². The summed E-state index contributed by atoms with van der Waals surface area (Å²) in [6, 6.07) is 10.6. The van der Waals surface area contributed by atoms with Crippen LogP contribution in [-0.2, 0) is 6.54 Å². The molecule has 4 heterocycles. The molecule has 198 valence electrons. The molecule has 0 saturated carbocycles. The first-order valence-electron chi connectivity index (χ1n) is 12.2. The zero-order valence-corrected chi connectivity index (χ0v) is 20.7. The van der Waals surface area contributed by atoms with Gasteiger partial charge in [-0.15, -0.1) is 0 Å². The molecule has 4 aromatic heterocycles. The summed E-state index contributed by atoms with van der Waals surface area (Å²) in [6.07, 6.45) is 9.40. The van der Waals surface area contributed by atoms with Crippen molar-refractivity contribution in [1.29, 1.82) is 0 Å². The second-order valence-corrected chi connectivity index (χ2v) is 8.63. The molecule has 0 radical (unpaired) electrons. The lowest BCUT2D eigenvalue weighted by Crippen LogP contribution is -2.17. The van der Waals surface area contributed by atoms with Crippen molar-refractivity contribution in [2.45, 2.75) is 25.9 Å². The molecule has 0 amide bonds. The number of anilines is 1. The maximum atomic E-state index is 14.4. The van der Waals surface area contributed by atoms with Crippen molar-refractivity contribution in [1.82, 2.24) is 34.9 Å². The quantitative estimate of drug-likeness (QED) is 0.233. The van der Waals surface area contributed by atoms with Crippen molar-refractivity contribution in [2.24, 2.45) is 0 Å². The summed E-state index contributed by atoms with van der Waals surface area (Å²) in [5.74, 6) is -0.844. The largest absolute Gasteiger partial charge is 0.463 e. The molecule has 5 rings (SSSR count). The Hall–Kier alpha value is -4.51. The third-order valence-corrected chi connectivity index (χ3v) is 5.86. The lowest BCUT2D eigenvalue weighted by molar-refractivity contribution is 0.285. The molecule has 2 N–H and O–H groups in total. The molecule has 0 saturated heterocycles. The number of halogens is 2. The van der Waals surface area contributed by atoms with Crippen molar-refractivity contribution in [3.63, 3.8) is 0 Å². The van der Waals surface area contributed by atoms with Gasteiger partial charge in [0, 0.05) is 51.9 Å². The zero-order valence-electron chi connectivity index (χ0n) is 20.7. The van der Waals surface area contributed by atoms with Crippen LogP contribution < -0.4 is 15.4 Å². The van der Waals surface area contributed by atoms with E-state index in [1.807, 2.05) is 12.1 Å². The van der Waals surface area contributed by atoms with Crippen LogP contribution in [0.2, 0.25) is 0 Å². The summed E-state index contributed by atoms with van der Waals surface area (Å²) in [5, 5.41) is 10.9. The van der Waals surface area contributed by atoms with Gasteiger partial charge in [-0.1, -0.05) is 6.07 Å². The SMILES string of the molecule is C[C@H](Nc1cc(-c2cnn3cccnc23)nc(OCCCNCc2ccncc2)n1)c1ccc(F)cc1F.[HH].[HH]. The highest BCUT2D eigenvalue weighted by atomic mass is 19.1. The maximum absolute atomic E-state index is 14.4. The summed E-state index contributed by atoms with van der Waals surface area (Å²) < 4.78 is 35.3. The van der Waals surface area contributed by atoms with Gasteiger partial charge < -0.3 is 15.4 Å². The summed E-state index contributed by atoms with van der Waals surface area (Å²) in [5.41, 5.74) is 3.34. The number of benzene rings is 1. The second-order valence-electron chi connectivity index (χ2n) is 8.63. The van der Waals surface area contributed by atoms with Gasteiger partial charge in [0.1, 0.15) is 17.5 Å². The molecule has 0 aliphatic heterocycles. The minimum Gasteiger partial charge on any atom is -0.463 e. The number of hydrogen-bond donors (Lipinski definition) is 2. The fourth-order valence-corrected chi connectivity index (χ4v) is 3.96. The van der Waals surface area contributed by atoms with Gasteiger partial charge in [-0.05, 0) is 49.7 Å². The fraction of sp³-hybridized carbons (Fsp3) is 0.222. The first-order valence-corrected chi connectivity index (χ1v) is 12.2. The highest BCUT2D eigenvalue weighted by Gasteiger charge is 2.17. The topological polar surface area (TPSA) is 102 Å². The van der Waals surface area contributed by atoms with Crippen LogP contribution in [0, 0.1) is 11.6 Å². The minimum absolute atomic E-state index is 0. The van der Waals surface area contributed by atoms with Crippen LogP contribution >= 0.6 is 0 Å². The van der Waals surface area contributed by atoms with E-state index in [-0.39, 0.29) is 8.86 Å². The maximum Gasteiger partial charge on any atom is 0.318 e. The molecular formula is C27H30F2N8O. The average Bonchev–Trinajstić information content (AvgIpc) is 3.35. The molecule has 9 nitrogen and oxygen atoms in total. The predicted octanol–water partition coefficient (Wildman–Crippen LogP) is 5.08. The molecule has 1 aromatic carbocycles. The van der Waals surface area contributed by atoms with E-state index in [0.717, 1.165) is 31.1 Å². The van der Waals surface area contributed by atoms with Crippen molar-refractivity contribution in [3.8, 4) is 17.3 Å². The Labute approximate surface area is 220 Å². The molecule has 1 atom stereocenters. The van der Waals surface area contributed by atoms with Crippen molar-refractivity contribution in [2.75, 3.05) is 18.5 Å². The first kappa shape index (κ1) is 25.2. The van der Waals surface area contributed by atoms with Crippen LogP contribution in [0.1, 0.15) is 33.4 Å². The first-order chi connectivity index (χ1) is 18.6. The van der Waals surface area contributed by atoms with E-state index in [0.29, 0.717) is 34.9 Å². The molecule has 0 spiro atoms. The number of fused-ring (bicyclic) bond motifs is 1. The van der Waals surface area contributed by atoms with Crippen LogP contribution in [0.25, 0.3) is 16.9 Å². The van der Waals surface area contributed by atoms with Crippen LogP contribution in [0.5, 0.6) is 6.01 Å². The Bertz CT molecular complexity index is 1520. The van der Waals surface area contributed by atoms with E-state index in [1.165, 1.54) is 12.1 Å². The Morgan fingerprint density at radius 2 is 1.95 bits per heavy atom. The van der Waals surface area contributed by atoms with Gasteiger partial charge in [0.15, 0.2) is 5.65 Å². The molecule has 0 fully saturated rings. The number of hydrogen-bond acceptors (Lipinski definition) is 8. The Kier molecular flexibility index (Phi) is 7.74. The van der Waals surface area contributed by atoms with Crippen molar-refractivity contribution < 1.29 is 16.4 Å². The van der Waals surface area contributed by atoms with E-state index in [9.17, 15) is 8.78 Å². The van der Waals surface area contributed by atoms with Gasteiger partial charge in [-0.3, -0.25) is 4.98 Å². The highest BCUT2D eigenvalue weighted by molar-refractivity contribution is 5.75. The minimum atomic E-state index is -0.637. The molecular weight excluding hydrogens is 490 g/mol. The van der Waals surface area contributed by atoms with E-state index in [1.54, 1.807) is 54.6 Å². The number of pyridine rings is 1. The summed E-state index contributed by atoms with van der Waals surface area (Å²) >= 11 is 0. The smallest absolute Gasteiger partial charge is 0.318 e. The Morgan fingerprint density at radius 3 is 2.79 bits per heavy atom. The predicted molar refractivity (Wildman–Crippen MR) is 143 cm³/mol. The fourth-order valence-electron chi connectivity index (χ4n) is 3.96. The van der Waals surface area contributed by atoms with E-state index in [2.05, 4.69) is 35.7 Å². The third-order valence-electron chi connectivity index (χ3n) is 5.86. The summed E-state index contributed by atoms with van der Waals surface area (Å²) in [7, 11) is 0. The summed E-state index contributed by atoms with van der Waals surface area (Å²) in [4.78, 5) is 17.5. The summed E-state index contributed by atoms with van der Waals surface area (Å²) in [6.45, 7) is 3.64. The number of nitrogens with zero attached hydrogens (tertiary/aromatic N) is 6. The molecule has 0 aliphatic carbocycles. The van der Waals surface area contributed by atoms with Gasteiger partial charge in [0.2, 0.25) is 0 Å². The van der Waals surface area contributed by atoms with Crippen LogP contribution in [0.4, 0.5) is 14.6 Å². The van der Waals surface area contributed by atoms with Gasteiger partial charge in [-0.25, -0.2) is 18.3 Å². The van der Waals surface area contributed by atoms with Crippen LogP contribution in [-0.4, -0.2) is 42.7 Å². The standard InChI is InChI=1S/C27H26F2N8O.2H2/c1-18(21-5-4-20(28)14-23(21)29)34-25-15-24(22-17-33-37-12-2-9-32-26(22)37)35-27(36-25)38-13-3-8-31-16-19-6-10-30-11-7-19;;/h2,4-7,9-12,14-15,17-18,31H,3,8,13,16H2,1H3,(H,34,35,36);2*1H/t18-;;/m0../s1. The highest BCUT2D eigenvalue weighted by Crippen LogP contribution is 2.28. The lowest BCUT2D eigenvalue weighted by Gasteiger charge is -2.17. The van der Waals surface area contributed by atoms with Crippen molar-refractivity contribution in [3.05, 3.63) is 96.2 Å². The van der Waals surface area contributed by atoms with E-state index < -0.39 is 17.7 Å². The Balaban J connectivity index is 0.00000220. The normalized spacial score (nSPS) is 12.0. The zero-order chi connectivity index (χ0) is 26.3. The van der Waals surface area contributed by atoms with Gasteiger partial charge in [-0.2, -0.15) is 15.1 Å². The van der Waals surface area contributed by atoms with Crippen LogP contribution in [0.15, 0.2) is 73.4 Å². The molecule has 0 aliphatic rings.